The molecule has 206 valence electrons. The van der Waals surface area contributed by atoms with E-state index in [2.05, 4.69) is 15.2 Å². The molecule has 15 heteroatoms. The van der Waals surface area contributed by atoms with Gasteiger partial charge in [0.2, 0.25) is 5.82 Å². The minimum Gasteiger partial charge on any atom is -0.618 e. The van der Waals surface area contributed by atoms with E-state index >= 15 is 0 Å². The highest BCUT2D eigenvalue weighted by atomic mass is 32.2. The van der Waals surface area contributed by atoms with Crippen molar-refractivity contribution in [2.24, 2.45) is 7.05 Å². The lowest BCUT2D eigenvalue weighted by Gasteiger charge is -2.17. The Hall–Kier alpha value is -3.75. The highest BCUT2D eigenvalue weighted by Gasteiger charge is 2.60. The summed E-state index contributed by atoms with van der Waals surface area (Å²) in [6.45, 7) is 1.35. The van der Waals surface area contributed by atoms with Gasteiger partial charge in [-0.15, -0.1) is 10.2 Å². The Morgan fingerprint density at radius 3 is 2.26 bits per heavy atom. The summed E-state index contributed by atoms with van der Waals surface area (Å²) in [4.78, 5) is 3.54. The molecule has 1 aromatic carbocycles. The Kier molecular flexibility index (Phi) is 5.94. The van der Waals surface area contributed by atoms with Gasteiger partial charge in [0.05, 0.1) is 5.75 Å². The number of halogens is 6. The second-order valence-electron chi connectivity index (χ2n) is 9.22. The van der Waals surface area contributed by atoms with Gasteiger partial charge >= 0.3 is 12.1 Å². The zero-order valence-corrected chi connectivity index (χ0v) is 21.1. The maximum Gasteiger partial charge on any atom is 0.459 e. The molecule has 8 nitrogen and oxygen atoms in total. The van der Waals surface area contributed by atoms with E-state index in [1.807, 2.05) is 0 Å². The molecule has 3 heterocycles. The van der Waals surface area contributed by atoms with Crippen LogP contribution in [0.4, 0.5) is 26.3 Å². The van der Waals surface area contributed by atoms with Crippen LogP contribution in [0.15, 0.2) is 47.5 Å². The number of aromatic nitrogens is 5. The van der Waals surface area contributed by atoms with Crippen LogP contribution in [0, 0.1) is 5.21 Å². The number of aryl methyl sites for hydroxylation is 1. The van der Waals surface area contributed by atoms with Crippen LogP contribution in [0.1, 0.15) is 31.0 Å². The van der Waals surface area contributed by atoms with Gasteiger partial charge < -0.3 is 9.77 Å². The molecule has 0 aliphatic heterocycles. The first kappa shape index (κ1) is 26.8. The lowest BCUT2D eigenvalue weighted by atomic mass is 10.0. The van der Waals surface area contributed by atoms with Crippen LogP contribution in [0.5, 0.6) is 0 Å². The standard InChI is InChI=1S/C24H19F6N5O3S/c1-3-39(37,38)17-10-14(13-4-6-15(7-5-13)22(25)8-9-22)12-35(36)19(17)21-31-16-11-18(23(26,27)24(28,29)30)32-33-20(16)34(21)2/h4-7,10-12H,3,8-9H2,1-2H3. The van der Waals surface area contributed by atoms with Crippen molar-refractivity contribution >= 4 is 21.0 Å². The maximum absolute atomic E-state index is 14.4. The number of sulfone groups is 1. The van der Waals surface area contributed by atoms with Gasteiger partial charge in [-0.05, 0) is 36.1 Å². The Bertz CT molecular complexity index is 1720. The van der Waals surface area contributed by atoms with Crippen LogP contribution in [0.3, 0.4) is 0 Å². The van der Waals surface area contributed by atoms with Gasteiger partial charge in [0.15, 0.2) is 21.7 Å². The molecule has 5 rings (SSSR count). The molecule has 0 radical (unpaired) electrons. The average molecular weight is 572 g/mol. The molecule has 4 aromatic rings. The first-order valence-corrected chi connectivity index (χ1v) is 13.2. The number of hydrogen-bond acceptors (Lipinski definition) is 6. The molecule has 0 spiro atoms. The molecule has 0 bridgehead atoms. The Morgan fingerprint density at radius 2 is 1.69 bits per heavy atom. The topological polar surface area (TPSA) is 105 Å². The smallest absolute Gasteiger partial charge is 0.459 e. The number of pyridine rings is 1. The number of fused-ring (bicyclic) bond motifs is 1. The molecule has 39 heavy (non-hydrogen) atoms. The largest absolute Gasteiger partial charge is 0.618 e. The van der Waals surface area contributed by atoms with Crippen molar-refractivity contribution in [3.8, 4) is 22.6 Å². The lowest BCUT2D eigenvalue weighted by Crippen LogP contribution is -2.34. The fourth-order valence-electron chi connectivity index (χ4n) is 4.16. The molecule has 0 saturated heterocycles. The molecular formula is C24H19F6N5O3S. The zero-order chi connectivity index (χ0) is 28.5. The molecule has 0 N–H and O–H groups in total. The molecule has 1 aliphatic rings. The van der Waals surface area contributed by atoms with Gasteiger partial charge in [-0.25, -0.2) is 17.8 Å². The van der Waals surface area contributed by atoms with Gasteiger partial charge in [0.25, 0.3) is 5.69 Å². The van der Waals surface area contributed by atoms with E-state index in [1.54, 1.807) is 24.3 Å². The fraction of sp³-hybridized carbons (Fsp3) is 0.333. The van der Waals surface area contributed by atoms with Crippen molar-refractivity contribution < 1.29 is 39.5 Å². The van der Waals surface area contributed by atoms with Crippen molar-refractivity contribution in [3.63, 3.8) is 0 Å². The van der Waals surface area contributed by atoms with Gasteiger partial charge in [0, 0.05) is 12.6 Å². The predicted octanol–water partition coefficient (Wildman–Crippen LogP) is 4.74. The van der Waals surface area contributed by atoms with E-state index in [0.29, 0.717) is 30.0 Å². The number of hydrogen-bond donors (Lipinski definition) is 0. The normalized spacial score (nSPS) is 15.6. The molecule has 1 fully saturated rings. The highest BCUT2D eigenvalue weighted by Crippen LogP contribution is 2.49. The minimum atomic E-state index is -5.94. The third-order valence-electron chi connectivity index (χ3n) is 6.64. The van der Waals surface area contributed by atoms with Crippen LogP contribution in [-0.4, -0.2) is 40.1 Å². The molecule has 1 aliphatic carbocycles. The minimum absolute atomic E-state index is 0.196. The summed E-state index contributed by atoms with van der Waals surface area (Å²) in [5.74, 6) is -6.08. The van der Waals surface area contributed by atoms with Crippen LogP contribution in [0.2, 0.25) is 0 Å². The van der Waals surface area contributed by atoms with E-state index < -0.39 is 55.2 Å². The number of rotatable bonds is 6. The summed E-state index contributed by atoms with van der Waals surface area (Å²) >= 11 is 0. The SMILES string of the molecule is CCS(=O)(=O)c1cc(-c2ccc(C3(F)CC3)cc2)c[n+]([O-])c1-c1nc2cc(C(F)(F)C(F)(F)F)nnc2n1C. The summed E-state index contributed by atoms with van der Waals surface area (Å²) < 4.78 is 108. The predicted molar refractivity (Wildman–Crippen MR) is 126 cm³/mol. The third-order valence-corrected chi connectivity index (χ3v) is 8.38. The van der Waals surface area contributed by atoms with Crippen LogP contribution in [-0.2, 0) is 28.5 Å². The summed E-state index contributed by atoms with van der Waals surface area (Å²) in [6.07, 6.45) is -4.07. The van der Waals surface area contributed by atoms with Crippen LogP contribution < -0.4 is 4.73 Å². The molecule has 1 saturated carbocycles. The van der Waals surface area contributed by atoms with Crippen molar-refractivity contribution in [1.82, 2.24) is 19.7 Å². The van der Waals surface area contributed by atoms with E-state index in [4.69, 9.17) is 0 Å². The first-order valence-electron chi connectivity index (χ1n) is 11.5. The molecule has 0 unspecified atom stereocenters. The highest BCUT2D eigenvalue weighted by molar-refractivity contribution is 7.91. The van der Waals surface area contributed by atoms with Crippen LogP contribution >= 0.6 is 0 Å². The number of nitrogens with zero attached hydrogens (tertiary/aromatic N) is 5. The maximum atomic E-state index is 14.4. The number of benzene rings is 1. The fourth-order valence-corrected chi connectivity index (χ4v) is 5.26. The molecule has 0 amide bonds. The summed E-state index contributed by atoms with van der Waals surface area (Å²) in [7, 11) is -2.82. The Balaban J connectivity index is 1.67. The van der Waals surface area contributed by atoms with Crippen molar-refractivity contribution in [2.75, 3.05) is 5.75 Å². The summed E-state index contributed by atoms with van der Waals surface area (Å²) in [5.41, 5.74) is -3.19. The van der Waals surface area contributed by atoms with E-state index in [0.717, 1.165) is 10.8 Å². The van der Waals surface area contributed by atoms with E-state index in [9.17, 15) is 40.0 Å². The number of imidazole rings is 1. The Morgan fingerprint density at radius 1 is 1.05 bits per heavy atom. The average Bonchev–Trinajstić information content (AvgIpc) is 3.56. The second-order valence-corrected chi connectivity index (χ2v) is 11.5. The van der Waals surface area contributed by atoms with E-state index in [-0.39, 0.29) is 21.8 Å². The van der Waals surface area contributed by atoms with Gasteiger partial charge in [-0.2, -0.15) is 26.7 Å². The van der Waals surface area contributed by atoms with Crippen molar-refractivity contribution in [2.45, 2.75) is 42.4 Å². The summed E-state index contributed by atoms with van der Waals surface area (Å²) in [6, 6.07) is 7.83. The van der Waals surface area contributed by atoms with Crippen LogP contribution in [0.25, 0.3) is 33.8 Å². The first-order chi connectivity index (χ1) is 18.1. The van der Waals surface area contributed by atoms with Crippen molar-refractivity contribution in [1.29, 1.82) is 0 Å². The second kappa shape index (κ2) is 8.63. The number of alkyl halides is 6. The monoisotopic (exact) mass is 571 g/mol. The molecule has 3 aromatic heterocycles. The van der Waals surface area contributed by atoms with E-state index in [1.165, 1.54) is 20.0 Å². The lowest BCUT2D eigenvalue weighted by molar-refractivity contribution is -0.595. The summed E-state index contributed by atoms with van der Waals surface area (Å²) in [5, 5.41) is 19.7. The zero-order valence-electron chi connectivity index (χ0n) is 20.3. The quantitative estimate of drug-likeness (QED) is 0.188. The third kappa shape index (κ3) is 4.37. The molecule has 0 atom stereocenters. The Labute approximate surface area is 217 Å². The van der Waals surface area contributed by atoms with Crippen molar-refractivity contribution in [3.05, 3.63) is 59.1 Å². The van der Waals surface area contributed by atoms with Gasteiger partial charge in [0.1, 0.15) is 21.8 Å². The van der Waals surface area contributed by atoms with Gasteiger partial charge in [-0.3, -0.25) is 0 Å². The molecular weight excluding hydrogens is 552 g/mol. The van der Waals surface area contributed by atoms with Gasteiger partial charge in [-0.1, -0.05) is 31.2 Å².